The van der Waals surface area contributed by atoms with Crippen molar-refractivity contribution < 1.29 is 0 Å². The van der Waals surface area contributed by atoms with Crippen LogP contribution in [0.4, 0.5) is 0 Å². The molecule has 15 heavy (non-hydrogen) atoms. The first kappa shape index (κ1) is 10.7. The van der Waals surface area contributed by atoms with Gasteiger partial charge in [-0.3, -0.25) is 0 Å². The van der Waals surface area contributed by atoms with Gasteiger partial charge in [0.05, 0.1) is 6.04 Å². The molecule has 0 aromatic carbocycles. The molecule has 0 aromatic heterocycles. The van der Waals surface area contributed by atoms with E-state index in [0.29, 0.717) is 12.0 Å². The number of allylic oxidation sites excluding steroid dienone is 2. The number of hydrogen-bond donors (Lipinski definition) is 0. The van der Waals surface area contributed by atoms with Crippen molar-refractivity contribution in [3.05, 3.63) is 17.7 Å². The summed E-state index contributed by atoms with van der Waals surface area (Å²) in [5.74, 6) is 4.75. The Balaban J connectivity index is 2.12. The standard InChI is InChI=1S/C14H21N/c1-3-4-5-14-9-8-12-6-7-13(10-15-14)11(12)2/h8-9,11-12,14H,3-7H2,1-2H3/b9-8-. The maximum Gasteiger partial charge on any atom is 0.0774 e. The van der Waals surface area contributed by atoms with E-state index in [2.05, 4.69) is 36.9 Å². The molecule has 0 saturated heterocycles. The van der Waals surface area contributed by atoms with Crippen molar-refractivity contribution in [3.8, 4) is 0 Å². The van der Waals surface area contributed by atoms with E-state index in [1.807, 2.05) is 0 Å². The van der Waals surface area contributed by atoms with Crippen molar-refractivity contribution in [2.75, 3.05) is 0 Å². The van der Waals surface area contributed by atoms with E-state index < -0.39 is 0 Å². The van der Waals surface area contributed by atoms with Crippen LogP contribution in [0.5, 0.6) is 0 Å². The number of hydrogen-bond acceptors (Lipinski definition) is 1. The van der Waals surface area contributed by atoms with E-state index in [1.165, 1.54) is 37.7 Å². The Morgan fingerprint density at radius 3 is 3.13 bits per heavy atom. The predicted molar refractivity (Wildman–Crippen MR) is 65.3 cm³/mol. The minimum absolute atomic E-state index is 0.396. The molecule has 1 nitrogen and oxygen atoms in total. The van der Waals surface area contributed by atoms with Crippen molar-refractivity contribution in [1.29, 1.82) is 0 Å². The fourth-order valence-corrected chi connectivity index (χ4v) is 2.53. The van der Waals surface area contributed by atoms with Gasteiger partial charge < -0.3 is 0 Å². The molecule has 1 saturated carbocycles. The number of nitrogens with zero attached hydrogens (tertiary/aromatic N) is 1. The second-order valence-corrected chi connectivity index (χ2v) is 4.85. The summed E-state index contributed by atoms with van der Waals surface area (Å²) in [6, 6.07) is 0.396. The lowest BCUT2D eigenvalue weighted by molar-refractivity contribution is 0.543. The van der Waals surface area contributed by atoms with Crippen molar-refractivity contribution in [2.45, 2.75) is 52.0 Å². The second-order valence-electron chi connectivity index (χ2n) is 4.85. The first-order valence-corrected chi connectivity index (χ1v) is 6.31. The third-order valence-electron chi connectivity index (χ3n) is 3.75. The first-order chi connectivity index (χ1) is 7.31. The number of unbranched alkanes of at least 4 members (excludes halogenated alkanes) is 1. The van der Waals surface area contributed by atoms with Crippen LogP contribution in [0.25, 0.3) is 0 Å². The zero-order valence-corrected chi connectivity index (χ0v) is 9.87. The van der Waals surface area contributed by atoms with Crippen molar-refractivity contribution >= 4 is 5.87 Å². The minimum atomic E-state index is 0.396. The zero-order valence-electron chi connectivity index (χ0n) is 9.87. The minimum Gasteiger partial charge on any atom is -0.236 e. The van der Waals surface area contributed by atoms with Gasteiger partial charge in [0.15, 0.2) is 0 Å². The molecule has 1 aliphatic heterocycles. The third-order valence-corrected chi connectivity index (χ3v) is 3.75. The molecule has 0 aromatic rings. The van der Waals surface area contributed by atoms with E-state index in [-0.39, 0.29) is 0 Å². The summed E-state index contributed by atoms with van der Waals surface area (Å²) in [4.78, 5) is 4.58. The van der Waals surface area contributed by atoms with E-state index in [0.717, 1.165) is 5.92 Å². The Hall–Kier alpha value is -0.810. The molecule has 0 spiro atoms. The summed E-state index contributed by atoms with van der Waals surface area (Å²) in [5.41, 5.74) is 1.45. The van der Waals surface area contributed by atoms with Gasteiger partial charge in [-0.1, -0.05) is 38.8 Å². The van der Waals surface area contributed by atoms with Gasteiger partial charge in [-0.15, -0.1) is 0 Å². The SMILES string of the molecule is CCCCC1/C=C\C2CCC(=C=N1)C2C. The molecule has 2 bridgehead atoms. The van der Waals surface area contributed by atoms with Gasteiger partial charge in [-0.2, -0.15) is 0 Å². The van der Waals surface area contributed by atoms with E-state index in [4.69, 9.17) is 0 Å². The van der Waals surface area contributed by atoms with Crippen LogP contribution in [-0.4, -0.2) is 11.9 Å². The fraction of sp³-hybridized carbons (Fsp3) is 0.714. The number of fused-ring (bicyclic) bond motifs is 2. The Labute approximate surface area is 93.0 Å². The van der Waals surface area contributed by atoms with Crippen LogP contribution < -0.4 is 0 Å². The highest BCUT2D eigenvalue weighted by Gasteiger charge is 2.27. The van der Waals surface area contributed by atoms with E-state index in [9.17, 15) is 0 Å². The molecule has 2 rings (SSSR count). The molecule has 3 atom stereocenters. The first-order valence-electron chi connectivity index (χ1n) is 6.31. The van der Waals surface area contributed by atoms with Crippen LogP contribution >= 0.6 is 0 Å². The maximum absolute atomic E-state index is 4.58. The summed E-state index contributed by atoms with van der Waals surface area (Å²) < 4.78 is 0. The monoisotopic (exact) mass is 203 g/mol. The Morgan fingerprint density at radius 1 is 1.47 bits per heavy atom. The molecule has 1 aliphatic carbocycles. The molecule has 0 N–H and O–H groups in total. The van der Waals surface area contributed by atoms with Crippen LogP contribution in [0.2, 0.25) is 0 Å². The Bertz CT molecular complexity index is 307. The van der Waals surface area contributed by atoms with Crippen molar-refractivity contribution in [3.63, 3.8) is 0 Å². The third kappa shape index (κ3) is 2.41. The molecule has 1 fully saturated rings. The highest BCUT2D eigenvalue weighted by Crippen LogP contribution is 2.36. The normalized spacial score (nSPS) is 35.9. The van der Waals surface area contributed by atoms with Crippen LogP contribution in [-0.2, 0) is 0 Å². The largest absolute Gasteiger partial charge is 0.236 e. The van der Waals surface area contributed by atoms with E-state index >= 15 is 0 Å². The summed E-state index contributed by atoms with van der Waals surface area (Å²) >= 11 is 0. The number of aliphatic imine (C=N–C) groups is 1. The quantitative estimate of drug-likeness (QED) is 0.619. The Morgan fingerprint density at radius 2 is 2.33 bits per heavy atom. The average molecular weight is 203 g/mol. The van der Waals surface area contributed by atoms with Gasteiger partial charge in [-0.25, -0.2) is 4.99 Å². The lowest BCUT2D eigenvalue weighted by Crippen LogP contribution is -2.08. The van der Waals surface area contributed by atoms with Crippen LogP contribution in [0.15, 0.2) is 22.7 Å². The molecule has 1 heterocycles. The van der Waals surface area contributed by atoms with Crippen LogP contribution in [0, 0.1) is 11.8 Å². The number of rotatable bonds is 3. The zero-order chi connectivity index (χ0) is 10.7. The summed E-state index contributed by atoms with van der Waals surface area (Å²) in [5, 5.41) is 0. The Kier molecular flexibility index (Phi) is 3.43. The maximum atomic E-state index is 4.58. The molecule has 1 heteroatoms. The average Bonchev–Trinajstić information content (AvgIpc) is 2.62. The van der Waals surface area contributed by atoms with Crippen molar-refractivity contribution in [2.24, 2.45) is 16.8 Å². The molecule has 3 unspecified atom stereocenters. The van der Waals surface area contributed by atoms with Gasteiger partial charge in [0.1, 0.15) is 0 Å². The summed E-state index contributed by atoms with van der Waals surface area (Å²) in [7, 11) is 0. The molecule has 2 aliphatic rings. The lowest BCUT2D eigenvalue weighted by Gasteiger charge is -2.14. The molecular weight excluding hydrogens is 182 g/mol. The molecule has 0 radical (unpaired) electrons. The smallest absolute Gasteiger partial charge is 0.0774 e. The van der Waals surface area contributed by atoms with E-state index in [1.54, 1.807) is 0 Å². The highest BCUT2D eigenvalue weighted by atomic mass is 14.7. The molecule has 82 valence electrons. The molecule has 0 amide bonds. The predicted octanol–water partition coefficient (Wildman–Crippen LogP) is 3.76. The topological polar surface area (TPSA) is 12.4 Å². The van der Waals surface area contributed by atoms with Gasteiger partial charge in [-0.05, 0) is 42.5 Å². The highest BCUT2D eigenvalue weighted by molar-refractivity contribution is 5.60. The lowest BCUT2D eigenvalue weighted by atomic mass is 9.94. The second kappa shape index (κ2) is 4.81. The van der Waals surface area contributed by atoms with Crippen molar-refractivity contribution in [1.82, 2.24) is 0 Å². The van der Waals surface area contributed by atoms with Crippen LogP contribution in [0.1, 0.15) is 46.0 Å². The fourth-order valence-electron chi connectivity index (χ4n) is 2.53. The van der Waals surface area contributed by atoms with Crippen LogP contribution in [0.3, 0.4) is 0 Å². The molecular formula is C14H21N. The summed E-state index contributed by atoms with van der Waals surface area (Å²) in [6.07, 6.45) is 10.9. The van der Waals surface area contributed by atoms with Gasteiger partial charge >= 0.3 is 0 Å². The summed E-state index contributed by atoms with van der Waals surface area (Å²) in [6.45, 7) is 4.55. The van der Waals surface area contributed by atoms with Gasteiger partial charge in [0, 0.05) is 0 Å². The van der Waals surface area contributed by atoms with Gasteiger partial charge in [0.2, 0.25) is 0 Å². The van der Waals surface area contributed by atoms with Gasteiger partial charge in [0.25, 0.3) is 0 Å².